The summed E-state index contributed by atoms with van der Waals surface area (Å²) in [4.78, 5) is 11.9. The minimum absolute atomic E-state index is 0.162. The number of carbonyl (C=O) groups is 1. The van der Waals surface area contributed by atoms with E-state index in [1.54, 1.807) is 0 Å². The zero-order chi connectivity index (χ0) is 16.8. The molecule has 130 valence electrons. The van der Waals surface area contributed by atoms with Crippen molar-refractivity contribution in [3.63, 3.8) is 0 Å². The van der Waals surface area contributed by atoms with E-state index in [1.807, 2.05) is 37.3 Å². The molecule has 1 aromatic carbocycles. The molecule has 3 N–H and O–H groups in total. The fraction of sp³-hybridized carbons (Fsp3) is 0.588. The summed E-state index contributed by atoms with van der Waals surface area (Å²) in [6.07, 6.45) is 0.529. The molecule has 0 spiro atoms. The summed E-state index contributed by atoms with van der Waals surface area (Å²) in [5.74, 6) is -0.162. The number of amides is 1. The van der Waals surface area contributed by atoms with Gasteiger partial charge in [0.2, 0.25) is 5.91 Å². The Morgan fingerprint density at radius 3 is 2.30 bits per heavy atom. The lowest BCUT2D eigenvalue weighted by Crippen LogP contribution is -2.43. The molecule has 0 bridgehead atoms. The standard InChI is InChI=1S/C17H28N2O4/c1-2-21-10-11-23-13-12-22-9-8-19-17(20)16(18)14-15-6-4-3-5-7-15/h3-7,16H,2,8-14,18H2,1H3,(H,19,20)/t16-/m1/s1. The summed E-state index contributed by atoms with van der Waals surface area (Å²) in [6.45, 7) is 5.73. The molecule has 23 heavy (non-hydrogen) atoms. The van der Waals surface area contributed by atoms with Crippen LogP contribution in [0.3, 0.4) is 0 Å². The second kappa shape index (κ2) is 13.0. The molecule has 1 aromatic rings. The Labute approximate surface area is 138 Å². The van der Waals surface area contributed by atoms with Crippen LogP contribution in [0.1, 0.15) is 12.5 Å². The maximum absolute atomic E-state index is 11.9. The number of hydrogen-bond acceptors (Lipinski definition) is 5. The van der Waals surface area contributed by atoms with Gasteiger partial charge in [0.15, 0.2) is 0 Å². The maximum atomic E-state index is 11.9. The Balaban J connectivity index is 1.97. The van der Waals surface area contributed by atoms with Gasteiger partial charge in [-0.15, -0.1) is 0 Å². The first-order chi connectivity index (χ1) is 11.2. The van der Waals surface area contributed by atoms with E-state index in [0.717, 1.165) is 5.56 Å². The van der Waals surface area contributed by atoms with Gasteiger partial charge >= 0.3 is 0 Å². The normalized spacial score (nSPS) is 12.1. The van der Waals surface area contributed by atoms with E-state index in [2.05, 4.69) is 5.32 Å². The van der Waals surface area contributed by atoms with Crippen molar-refractivity contribution in [2.45, 2.75) is 19.4 Å². The molecule has 0 fully saturated rings. The summed E-state index contributed by atoms with van der Waals surface area (Å²) in [6, 6.07) is 9.18. The topological polar surface area (TPSA) is 82.8 Å². The van der Waals surface area contributed by atoms with Crippen LogP contribution < -0.4 is 11.1 Å². The Morgan fingerprint density at radius 2 is 1.65 bits per heavy atom. The number of rotatable bonds is 13. The SMILES string of the molecule is CCOCCOCCOCCNC(=O)[C@H](N)Cc1ccccc1. The fourth-order valence-electron chi connectivity index (χ4n) is 1.92. The van der Waals surface area contributed by atoms with Gasteiger partial charge in [-0.25, -0.2) is 0 Å². The third kappa shape index (κ3) is 10.0. The number of nitrogens with one attached hydrogen (secondary N) is 1. The zero-order valence-electron chi connectivity index (χ0n) is 13.8. The molecule has 0 saturated heterocycles. The van der Waals surface area contributed by atoms with Gasteiger partial charge in [-0.3, -0.25) is 4.79 Å². The molecular weight excluding hydrogens is 296 g/mol. The van der Waals surface area contributed by atoms with E-state index in [9.17, 15) is 4.79 Å². The monoisotopic (exact) mass is 324 g/mol. The lowest BCUT2D eigenvalue weighted by molar-refractivity contribution is -0.122. The Hall–Kier alpha value is -1.47. The Kier molecular flexibility index (Phi) is 11.1. The maximum Gasteiger partial charge on any atom is 0.237 e. The van der Waals surface area contributed by atoms with Crippen LogP contribution in [0.15, 0.2) is 30.3 Å². The molecule has 6 heteroatoms. The van der Waals surface area contributed by atoms with Crippen LogP contribution in [0.5, 0.6) is 0 Å². The first-order valence-corrected chi connectivity index (χ1v) is 8.04. The van der Waals surface area contributed by atoms with Crippen molar-refractivity contribution >= 4 is 5.91 Å². The van der Waals surface area contributed by atoms with Gasteiger partial charge < -0.3 is 25.3 Å². The second-order valence-electron chi connectivity index (χ2n) is 5.01. The average molecular weight is 324 g/mol. The van der Waals surface area contributed by atoms with Gasteiger partial charge in [-0.2, -0.15) is 0 Å². The van der Waals surface area contributed by atoms with E-state index in [-0.39, 0.29) is 5.91 Å². The van der Waals surface area contributed by atoms with Gasteiger partial charge in [-0.05, 0) is 18.9 Å². The summed E-state index contributed by atoms with van der Waals surface area (Å²) in [7, 11) is 0. The van der Waals surface area contributed by atoms with Crippen molar-refractivity contribution in [2.75, 3.05) is 46.2 Å². The average Bonchev–Trinajstić information content (AvgIpc) is 2.57. The van der Waals surface area contributed by atoms with Crippen LogP contribution in [0.2, 0.25) is 0 Å². The molecule has 1 amide bonds. The van der Waals surface area contributed by atoms with Gasteiger partial charge in [-0.1, -0.05) is 30.3 Å². The highest BCUT2D eigenvalue weighted by Crippen LogP contribution is 2.01. The molecule has 1 atom stereocenters. The summed E-state index contributed by atoms with van der Waals surface area (Å²) in [5.41, 5.74) is 6.94. The van der Waals surface area contributed by atoms with E-state index in [0.29, 0.717) is 52.6 Å². The third-order valence-electron chi connectivity index (χ3n) is 3.13. The van der Waals surface area contributed by atoms with Crippen LogP contribution >= 0.6 is 0 Å². The molecule has 0 unspecified atom stereocenters. The lowest BCUT2D eigenvalue weighted by Gasteiger charge is -2.12. The van der Waals surface area contributed by atoms with Crippen molar-refractivity contribution < 1.29 is 19.0 Å². The number of hydrogen-bond donors (Lipinski definition) is 2. The Bertz CT molecular complexity index is 414. The molecule has 0 aliphatic rings. The van der Waals surface area contributed by atoms with Crippen LogP contribution in [-0.2, 0) is 25.4 Å². The molecule has 1 rings (SSSR count). The van der Waals surface area contributed by atoms with Crippen LogP contribution in [-0.4, -0.2) is 58.1 Å². The van der Waals surface area contributed by atoms with Crippen LogP contribution in [0, 0.1) is 0 Å². The van der Waals surface area contributed by atoms with E-state index >= 15 is 0 Å². The lowest BCUT2D eigenvalue weighted by atomic mass is 10.1. The molecule has 0 heterocycles. The molecule has 0 aromatic heterocycles. The van der Waals surface area contributed by atoms with Crippen molar-refractivity contribution in [2.24, 2.45) is 5.73 Å². The number of ether oxygens (including phenoxy) is 3. The van der Waals surface area contributed by atoms with Crippen LogP contribution in [0.25, 0.3) is 0 Å². The molecule has 0 aliphatic heterocycles. The van der Waals surface area contributed by atoms with Crippen LogP contribution in [0.4, 0.5) is 0 Å². The van der Waals surface area contributed by atoms with Crippen molar-refractivity contribution in [3.8, 4) is 0 Å². The van der Waals surface area contributed by atoms with Crippen molar-refractivity contribution in [1.82, 2.24) is 5.32 Å². The minimum atomic E-state index is -0.542. The molecular formula is C17H28N2O4. The van der Waals surface area contributed by atoms with Gasteiger partial charge in [0, 0.05) is 13.2 Å². The van der Waals surface area contributed by atoms with E-state index in [1.165, 1.54) is 0 Å². The minimum Gasteiger partial charge on any atom is -0.379 e. The number of nitrogens with two attached hydrogens (primary N) is 1. The second-order valence-corrected chi connectivity index (χ2v) is 5.01. The van der Waals surface area contributed by atoms with Gasteiger partial charge in [0.25, 0.3) is 0 Å². The molecule has 0 aliphatic carbocycles. The quantitative estimate of drug-likeness (QED) is 0.523. The highest BCUT2D eigenvalue weighted by Gasteiger charge is 2.13. The molecule has 0 saturated carbocycles. The highest BCUT2D eigenvalue weighted by atomic mass is 16.5. The number of carbonyl (C=O) groups excluding carboxylic acids is 1. The molecule has 6 nitrogen and oxygen atoms in total. The first-order valence-electron chi connectivity index (χ1n) is 8.04. The highest BCUT2D eigenvalue weighted by molar-refractivity contribution is 5.81. The zero-order valence-corrected chi connectivity index (χ0v) is 13.8. The predicted molar refractivity (Wildman–Crippen MR) is 89.3 cm³/mol. The third-order valence-corrected chi connectivity index (χ3v) is 3.13. The largest absolute Gasteiger partial charge is 0.379 e. The predicted octanol–water partition coefficient (Wildman–Crippen LogP) is 0.742. The van der Waals surface area contributed by atoms with E-state index in [4.69, 9.17) is 19.9 Å². The summed E-state index contributed by atoms with van der Waals surface area (Å²) >= 11 is 0. The smallest absolute Gasteiger partial charge is 0.237 e. The molecule has 0 radical (unpaired) electrons. The van der Waals surface area contributed by atoms with Gasteiger partial charge in [0.1, 0.15) is 0 Å². The summed E-state index contributed by atoms with van der Waals surface area (Å²) < 4.78 is 15.8. The van der Waals surface area contributed by atoms with Crippen molar-refractivity contribution in [3.05, 3.63) is 35.9 Å². The Morgan fingerprint density at radius 1 is 1.04 bits per heavy atom. The fourth-order valence-corrected chi connectivity index (χ4v) is 1.92. The number of benzene rings is 1. The summed E-state index contributed by atoms with van der Waals surface area (Å²) in [5, 5.41) is 2.77. The first kappa shape index (κ1) is 19.6. The van der Waals surface area contributed by atoms with Crippen molar-refractivity contribution in [1.29, 1.82) is 0 Å². The van der Waals surface area contributed by atoms with Gasteiger partial charge in [0.05, 0.1) is 39.1 Å². The van der Waals surface area contributed by atoms with E-state index < -0.39 is 6.04 Å².